The van der Waals surface area contributed by atoms with Crippen LogP contribution in [-0.4, -0.2) is 11.2 Å². The molecule has 0 saturated heterocycles. The minimum Gasteiger partial charge on any atom is -0.354 e. The Hall–Kier alpha value is -2.87. The molecule has 0 spiro atoms. The zero-order valence-electron chi connectivity index (χ0n) is 11.5. The Balaban J connectivity index is 1.87. The fourth-order valence-electron chi connectivity index (χ4n) is 2.66. The molecule has 0 atom stereocenters. The second-order valence-electron chi connectivity index (χ2n) is 5.03. The minimum atomic E-state index is 0.964. The first-order chi connectivity index (χ1) is 10.4. The molecule has 1 aromatic heterocycles. The monoisotopic (exact) mass is 270 g/mol. The summed E-state index contributed by atoms with van der Waals surface area (Å²) in [5, 5.41) is 2.49. The largest absolute Gasteiger partial charge is 0.354 e. The smallest absolute Gasteiger partial charge is 0.0629 e. The van der Waals surface area contributed by atoms with Crippen molar-refractivity contribution in [3.8, 4) is 0 Å². The van der Waals surface area contributed by atoms with Crippen molar-refractivity contribution < 1.29 is 0 Å². The van der Waals surface area contributed by atoms with E-state index in [9.17, 15) is 0 Å². The highest BCUT2D eigenvalue weighted by atomic mass is 14.7. The predicted molar refractivity (Wildman–Crippen MR) is 89.5 cm³/mol. The van der Waals surface area contributed by atoms with Crippen molar-refractivity contribution in [2.45, 2.75) is 0 Å². The van der Waals surface area contributed by atoms with E-state index in [4.69, 9.17) is 0 Å². The van der Waals surface area contributed by atoms with Crippen molar-refractivity contribution in [2.75, 3.05) is 0 Å². The number of nitrogens with zero attached hydrogens (tertiary/aromatic N) is 1. The summed E-state index contributed by atoms with van der Waals surface area (Å²) >= 11 is 0. The van der Waals surface area contributed by atoms with Gasteiger partial charge in [-0.05, 0) is 18.2 Å². The maximum absolute atomic E-state index is 4.55. The Morgan fingerprint density at radius 1 is 0.714 bits per heavy atom. The molecule has 3 aromatic carbocycles. The highest BCUT2D eigenvalue weighted by molar-refractivity contribution is 6.12. The molecule has 100 valence electrons. The van der Waals surface area contributed by atoms with Crippen molar-refractivity contribution in [3.63, 3.8) is 0 Å². The molecule has 4 rings (SSSR count). The Morgan fingerprint density at radius 3 is 2.38 bits per heavy atom. The third-order valence-corrected chi connectivity index (χ3v) is 3.68. The third-order valence-electron chi connectivity index (χ3n) is 3.68. The third kappa shape index (κ3) is 2.11. The molecular weight excluding hydrogens is 256 g/mol. The number of aromatic nitrogens is 1. The summed E-state index contributed by atoms with van der Waals surface area (Å²) in [7, 11) is 0. The van der Waals surface area contributed by atoms with Crippen LogP contribution in [0.25, 0.3) is 21.8 Å². The van der Waals surface area contributed by atoms with E-state index >= 15 is 0 Å². The molecule has 2 nitrogen and oxygen atoms in total. The molecule has 0 aliphatic rings. The van der Waals surface area contributed by atoms with Crippen molar-refractivity contribution in [1.82, 2.24) is 4.98 Å². The molecular formula is C19H14N2. The van der Waals surface area contributed by atoms with Gasteiger partial charge in [-0.1, -0.05) is 54.6 Å². The zero-order valence-corrected chi connectivity index (χ0v) is 11.5. The van der Waals surface area contributed by atoms with Crippen LogP contribution in [0, 0.1) is 0 Å². The van der Waals surface area contributed by atoms with Gasteiger partial charge in [0.05, 0.1) is 11.2 Å². The molecule has 0 amide bonds. The number of hydrogen-bond acceptors (Lipinski definition) is 1. The number of para-hydroxylation sites is 3. The van der Waals surface area contributed by atoms with Crippen LogP contribution in [0.2, 0.25) is 0 Å². The van der Waals surface area contributed by atoms with Gasteiger partial charge in [0.2, 0.25) is 0 Å². The summed E-state index contributed by atoms with van der Waals surface area (Å²) in [5.41, 5.74) is 4.37. The molecule has 0 radical (unpaired) electrons. The molecule has 2 heteroatoms. The van der Waals surface area contributed by atoms with Gasteiger partial charge in [-0.3, -0.25) is 4.99 Å². The van der Waals surface area contributed by atoms with E-state index in [2.05, 4.69) is 52.4 Å². The average molecular weight is 270 g/mol. The summed E-state index contributed by atoms with van der Waals surface area (Å²) in [6.07, 6.45) is 1.92. The lowest BCUT2D eigenvalue weighted by molar-refractivity contribution is 1.51. The van der Waals surface area contributed by atoms with Crippen molar-refractivity contribution in [1.29, 1.82) is 0 Å². The van der Waals surface area contributed by atoms with Gasteiger partial charge < -0.3 is 4.98 Å². The molecule has 0 unspecified atom stereocenters. The first-order valence-corrected chi connectivity index (χ1v) is 7.00. The summed E-state index contributed by atoms with van der Waals surface area (Å²) in [4.78, 5) is 8.04. The molecule has 0 aliphatic carbocycles. The summed E-state index contributed by atoms with van der Waals surface area (Å²) in [6.45, 7) is 0. The van der Waals surface area contributed by atoms with E-state index in [1.165, 1.54) is 10.8 Å². The first-order valence-electron chi connectivity index (χ1n) is 7.00. The van der Waals surface area contributed by atoms with E-state index in [-0.39, 0.29) is 0 Å². The van der Waals surface area contributed by atoms with Crippen molar-refractivity contribution in [3.05, 3.63) is 78.4 Å². The van der Waals surface area contributed by atoms with Crippen LogP contribution in [0.4, 0.5) is 5.69 Å². The Kier molecular flexibility index (Phi) is 2.79. The van der Waals surface area contributed by atoms with Gasteiger partial charge in [0.25, 0.3) is 0 Å². The SMILES string of the molecule is C(=Nc1ccccc1)c1cccc2c1[nH]c1ccccc12. The van der Waals surface area contributed by atoms with E-state index in [0.717, 1.165) is 22.3 Å². The molecule has 0 aliphatic heterocycles. The number of rotatable bonds is 2. The normalized spacial score (nSPS) is 11.6. The van der Waals surface area contributed by atoms with Crippen LogP contribution >= 0.6 is 0 Å². The van der Waals surface area contributed by atoms with Crippen LogP contribution in [0.3, 0.4) is 0 Å². The maximum atomic E-state index is 4.55. The summed E-state index contributed by atoms with van der Waals surface area (Å²) in [6, 6.07) is 24.7. The van der Waals surface area contributed by atoms with Crippen LogP contribution in [0.1, 0.15) is 5.56 Å². The number of aromatic amines is 1. The zero-order chi connectivity index (χ0) is 14.1. The number of H-pyrrole nitrogens is 1. The molecule has 21 heavy (non-hydrogen) atoms. The lowest BCUT2D eigenvalue weighted by atomic mass is 10.1. The van der Waals surface area contributed by atoms with E-state index < -0.39 is 0 Å². The standard InChI is InChI=1S/C19H14N2/c1-2-8-15(9-3-1)20-13-14-7-6-11-17-16-10-4-5-12-18(16)21-19(14)17/h1-13,21H. The number of hydrogen-bond donors (Lipinski definition) is 1. The fraction of sp³-hybridized carbons (Fsp3) is 0. The number of fused-ring (bicyclic) bond motifs is 3. The average Bonchev–Trinajstić information content (AvgIpc) is 2.93. The highest BCUT2D eigenvalue weighted by Crippen LogP contribution is 2.27. The predicted octanol–water partition coefficient (Wildman–Crippen LogP) is 5.07. The van der Waals surface area contributed by atoms with Gasteiger partial charge in [0, 0.05) is 28.1 Å². The number of aliphatic imine (C=N–C) groups is 1. The van der Waals surface area contributed by atoms with Crippen molar-refractivity contribution >= 4 is 33.7 Å². The van der Waals surface area contributed by atoms with Gasteiger partial charge in [-0.25, -0.2) is 0 Å². The van der Waals surface area contributed by atoms with Gasteiger partial charge in [0.1, 0.15) is 0 Å². The molecule has 1 N–H and O–H groups in total. The Morgan fingerprint density at radius 2 is 1.48 bits per heavy atom. The lowest BCUT2D eigenvalue weighted by Gasteiger charge is -1.97. The van der Waals surface area contributed by atoms with Gasteiger partial charge in [-0.15, -0.1) is 0 Å². The summed E-state index contributed by atoms with van der Waals surface area (Å²) in [5.74, 6) is 0. The van der Waals surface area contributed by atoms with E-state index in [1.807, 2.05) is 36.5 Å². The quantitative estimate of drug-likeness (QED) is 0.492. The minimum absolute atomic E-state index is 0.964. The Bertz CT molecular complexity index is 934. The van der Waals surface area contributed by atoms with E-state index in [1.54, 1.807) is 0 Å². The summed E-state index contributed by atoms with van der Waals surface area (Å²) < 4.78 is 0. The number of benzene rings is 3. The second-order valence-corrected chi connectivity index (χ2v) is 5.03. The van der Waals surface area contributed by atoms with Crippen molar-refractivity contribution in [2.24, 2.45) is 4.99 Å². The van der Waals surface area contributed by atoms with Crippen LogP contribution in [0.15, 0.2) is 77.8 Å². The fourth-order valence-corrected chi connectivity index (χ4v) is 2.66. The van der Waals surface area contributed by atoms with Gasteiger partial charge in [0.15, 0.2) is 0 Å². The first kappa shape index (κ1) is 11.9. The lowest BCUT2D eigenvalue weighted by Crippen LogP contribution is -1.82. The Labute approximate surface area is 122 Å². The van der Waals surface area contributed by atoms with Crippen LogP contribution < -0.4 is 0 Å². The highest BCUT2D eigenvalue weighted by Gasteiger charge is 2.05. The second kappa shape index (κ2) is 4.91. The molecule has 4 aromatic rings. The molecule has 0 fully saturated rings. The van der Waals surface area contributed by atoms with E-state index in [0.29, 0.717) is 0 Å². The molecule has 0 saturated carbocycles. The van der Waals surface area contributed by atoms with Gasteiger partial charge in [-0.2, -0.15) is 0 Å². The molecule has 0 bridgehead atoms. The number of nitrogens with one attached hydrogen (secondary N) is 1. The molecule has 1 heterocycles. The van der Waals surface area contributed by atoms with Crippen LogP contribution in [-0.2, 0) is 0 Å². The van der Waals surface area contributed by atoms with Crippen LogP contribution in [0.5, 0.6) is 0 Å². The topological polar surface area (TPSA) is 28.1 Å². The maximum Gasteiger partial charge on any atom is 0.0629 e. The van der Waals surface area contributed by atoms with Gasteiger partial charge >= 0.3 is 0 Å².